The number of aryl methyl sites for hydroxylation is 1. The maximum Gasteiger partial charge on any atom is 0.157 e. The SMILES string of the molecule is CC=C(C)C.Cc1ncc(N2CCCCC2)c(Nc2ccccc2SC(C)C)n1. The molecule has 2 aromatic rings. The van der Waals surface area contributed by atoms with Crippen LogP contribution >= 0.6 is 11.8 Å². The van der Waals surface area contributed by atoms with Crippen LogP contribution in [0.15, 0.2) is 47.0 Å². The Morgan fingerprint density at radius 1 is 1.14 bits per heavy atom. The zero-order valence-electron chi connectivity index (χ0n) is 18.8. The van der Waals surface area contributed by atoms with E-state index in [0.29, 0.717) is 5.25 Å². The van der Waals surface area contributed by atoms with E-state index in [-0.39, 0.29) is 0 Å². The number of nitrogens with one attached hydrogen (secondary N) is 1. The van der Waals surface area contributed by atoms with E-state index in [1.165, 1.54) is 29.7 Å². The number of piperidine rings is 1. The van der Waals surface area contributed by atoms with Crippen molar-refractivity contribution >= 4 is 29.0 Å². The molecule has 3 rings (SSSR count). The molecule has 0 saturated carbocycles. The summed E-state index contributed by atoms with van der Waals surface area (Å²) in [7, 11) is 0. The molecule has 0 spiro atoms. The van der Waals surface area contributed by atoms with Gasteiger partial charge in [0.2, 0.25) is 0 Å². The Balaban J connectivity index is 0.000000537. The van der Waals surface area contributed by atoms with Crippen LogP contribution in [0.4, 0.5) is 17.2 Å². The highest BCUT2D eigenvalue weighted by Gasteiger charge is 2.17. The molecule has 1 aliphatic rings. The van der Waals surface area contributed by atoms with Gasteiger partial charge in [-0.2, -0.15) is 0 Å². The molecular weight excluding hydrogens is 376 g/mol. The largest absolute Gasteiger partial charge is 0.367 e. The first-order chi connectivity index (χ1) is 13.9. The van der Waals surface area contributed by atoms with Gasteiger partial charge in [-0.3, -0.25) is 0 Å². The molecule has 0 amide bonds. The second-order valence-corrected chi connectivity index (χ2v) is 9.47. The Morgan fingerprint density at radius 2 is 1.79 bits per heavy atom. The third-order valence-corrected chi connectivity index (χ3v) is 5.75. The molecule has 0 bridgehead atoms. The number of benzene rings is 1. The van der Waals surface area contributed by atoms with Gasteiger partial charge in [-0.1, -0.05) is 37.6 Å². The molecule has 0 aliphatic carbocycles. The molecule has 1 aromatic carbocycles. The molecule has 1 N–H and O–H groups in total. The lowest BCUT2D eigenvalue weighted by molar-refractivity contribution is 0.577. The van der Waals surface area contributed by atoms with Crippen LogP contribution in [0, 0.1) is 6.92 Å². The second-order valence-electron chi connectivity index (χ2n) is 7.85. The first-order valence-electron chi connectivity index (χ1n) is 10.6. The molecule has 29 heavy (non-hydrogen) atoms. The molecule has 5 heteroatoms. The summed E-state index contributed by atoms with van der Waals surface area (Å²) in [5.74, 6) is 1.72. The van der Waals surface area contributed by atoms with Gasteiger partial charge < -0.3 is 10.2 Å². The van der Waals surface area contributed by atoms with E-state index in [9.17, 15) is 0 Å². The van der Waals surface area contributed by atoms with E-state index < -0.39 is 0 Å². The van der Waals surface area contributed by atoms with E-state index in [1.807, 2.05) is 31.8 Å². The smallest absolute Gasteiger partial charge is 0.157 e. The van der Waals surface area contributed by atoms with Crippen LogP contribution in [0.25, 0.3) is 0 Å². The minimum atomic E-state index is 0.543. The van der Waals surface area contributed by atoms with Gasteiger partial charge in [0.1, 0.15) is 5.82 Å². The van der Waals surface area contributed by atoms with Crippen molar-refractivity contribution in [2.75, 3.05) is 23.3 Å². The van der Waals surface area contributed by atoms with Crippen LogP contribution in [-0.4, -0.2) is 28.3 Å². The number of hydrogen-bond acceptors (Lipinski definition) is 5. The number of allylic oxidation sites excluding steroid dienone is 2. The van der Waals surface area contributed by atoms with Gasteiger partial charge in [-0.05, 0) is 59.1 Å². The van der Waals surface area contributed by atoms with E-state index >= 15 is 0 Å². The van der Waals surface area contributed by atoms with Gasteiger partial charge in [0.05, 0.1) is 17.6 Å². The lowest BCUT2D eigenvalue weighted by Crippen LogP contribution is -2.30. The third kappa shape index (κ3) is 7.73. The summed E-state index contributed by atoms with van der Waals surface area (Å²) in [5, 5.41) is 4.11. The van der Waals surface area contributed by atoms with Crippen LogP contribution in [0.2, 0.25) is 0 Å². The van der Waals surface area contributed by atoms with Crippen molar-refractivity contribution in [3.8, 4) is 0 Å². The maximum atomic E-state index is 4.69. The van der Waals surface area contributed by atoms with Crippen LogP contribution in [0.1, 0.15) is 59.7 Å². The van der Waals surface area contributed by atoms with E-state index in [0.717, 1.165) is 36.1 Å². The van der Waals surface area contributed by atoms with Gasteiger partial charge in [-0.15, -0.1) is 11.8 Å². The number of aromatic nitrogens is 2. The van der Waals surface area contributed by atoms with Crippen molar-refractivity contribution < 1.29 is 0 Å². The minimum absolute atomic E-state index is 0.543. The van der Waals surface area contributed by atoms with E-state index in [1.54, 1.807) is 0 Å². The van der Waals surface area contributed by atoms with Gasteiger partial charge in [0, 0.05) is 23.2 Å². The molecule has 1 fully saturated rings. The van der Waals surface area contributed by atoms with Crippen LogP contribution in [-0.2, 0) is 0 Å². The summed E-state index contributed by atoms with van der Waals surface area (Å²) in [6, 6.07) is 8.46. The summed E-state index contributed by atoms with van der Waals surface area (Å²) >= 11 is 1.87. The Labute approximate surface area is 181 Å². The number of nitrogens with zero attached hydrogens (tertiary/aromatic N) is 3. The second kappa shape index (κ2) is 11.9. The molecule has 0 unspecified atom stereocenters. The number of thioether (sulfide) groups is 1. The van der Waals surface area contributed by atoms with Gasteiger partial charge in [0.25, 0.3) is 0 Å². The Morgan fingerprint density at radius 3 is 2.41 bits per heavy atom. The molecule has 0 radical (unpaired) electrons. The lowest BCUT2D eigenvalue weighted by atomic mass is 10.1. The van der Waals surface area contributed by atoms with Crippen molar-refractivity contribution in [2.45, 2.75) is 71.0 Å². The molecular formula is C24H36N4S. The highest BCUT2D eigenvalue weighted by Crippen LogP contribution is 2.34. The standard InChI is InChI=1S/C19H26N4S.C5H10/c1-14(2)24-18-10-6-5-9-16(18)22-19-17(13-20-15(3)21-19)23-11-7-4-8-12-23;1-4-5(2)3/h5-6,9-10,13-14H,4,7-8,11-12H2,1-3H3,(H,20,21,22);4H,1-3H3. The Bertz CT molecular complexity index is 791. The van der Waals surface area contributed by atoms with Crippen molar-refractivity contribution in [1.29, 1.82) is 0 Å². The minimum Gasteiger partial charge on any atom is -0.367 e. The van der Waals surface area contributed by atoms with E-state index in [4.69, 9.17) is 4.98 Å². The monoisotopic (exact) mass is 412 g/mol. The first kappa shape index (κ1) is 23.3. The predicted octanol–water partition coefficient (Wildman–Crippen LogP) is 6.99. The summed E-state index contributed by atoms with van der Waals surface area (Å²) in [4.78, 5) is 12.8. The number of rotatable bonds is 5. The highest BCUT2D eigenvalue weighted by atomic mass is 32.2. The fourth-order valence-corrected chi connectivity index (χ4v) is 3.89. The predicted molar refractivity (Wildman–Crippen MR) is 129 cm³/mol. The van der Waals surface area contributed by atoms with Crippen molar-refractivity contribution in [3.63, 3.8) is 0 Å². The van der Waals surface area contributed by atoms with Gasteiger partial charge in [-0.25, -0.2) is 9.97 Å². The molecule has 2 heterocycles. The highest BCUT2D eigenvalue weighted by molar-refractivity contribution is 8.00. The fraction of sp³-hybridized carbons (Fsp3) is 0.500. The van der Waals surface area contributed by atoms with Gasteiger partial charge in [0.15, 0.2) is 5.82 Å². The van der Waals surface area contributed by atoms with Crippen LogP contribution in [0.3, 0.4) is 0 Å². The van der Waals surface area contributed by atoms with Crippen LogP contribution < -0.4 is 10.2 Å². The summed E-state index contributed by atoms with van der Waals surface area (Å²) < 4.78 is 0. The van der Waals surface area contributed by atoms with E-state index in [2.05, 4.69) is 73.2 Å². The topological polar surface area (TPSA) is 41.1 Å². The zero-order chi connectivity index (χ0) is 21.2. The first-order valence-corrected chi connectivity index (χ1v) is 11.5. The molecule has 1 aliphatic heterocycles. The average Bonchev–Trinajstić information content (AvgIpc) is 2.70. The van der Waals surface area contributed by atoms with Crippen molar-refractivity contribution in [1.82, 2.24) is 9.97 Å². The quantitative estimate of drug-likeness (QED) is 0.423. The summed E-state index contributed by atoms with van der Waals surface area (Å²) in [5.41, 5.74) is 3.61. The molecule has 1 aromatic heterocycles. The zero-order valence-corrected chi connectivity index (χ0v) is 19.6. The van der Waals surface area contributed by atoms with Crippen LogP contribution in [0.5, 0.6) is 0 Å². The van der Waals surface area contributed by atoms with Crippen molar-refractivity contribution in [3.05, 3.63) is 47.9 Å². The summed E-state index contributed by atoms with van der Waals surface area (Å²) in [6.45, 7) is 14.8. The Kier molecular flexibility index (Phi) is 9.52. The Hall–Kier alpha value is -2.01. The molecule has 1 saturated heterocycles. The average molecular weight is 413 g/mol. The third-order valence-electron chi connectivity index (χ3n) is 4.67. The number of hydrogen-bond donors (Lipinski definition) is 1. The lowest BCUT2D eigenvalue weighted by Gasteiger charge is -2.30. The van der Waals surface area contributed by atoms with Gasteiger partial charge >= 0.3 is 0 Å². The normalized spacial score (nSPS) is 13.6. The van der Waals surface area contributed by atoms with Crippen molar-refractivity contribution in [2.24, 2.45) is 0 Å². The number of para-hydroxylation sites is 1. The fourth-order valence-electron chi connectivity index (χ4n) is 2.98. The maximum absolute atomic E-state index is 4.69. The number of anilines is 3. The molecule has 158 valence electrons. The molecule has 0 atom stereocenters. The molecule has 4 nitrogen and oxygen atoms in total. The summed E-state index contributed by atoms with van der Waals surface area (Å²) in [6.07, 6.45) is 7.86.